The van der Waals surface area contributed by atoms with E-state index in [1.54, 1.807) is 13.8 Å². The average Bonchev–Trinajstić information content (AvgIpc) is 2.42. The predicted molar refractivity (Wildman–Crippen MR) is 87.5 cm³/mol. The maximum absolute atomic E-state index is 11.2. The summed E-state index contributed by atoms with van der Waals surface area (Å²) in [6.07, 6.45) is -3.24. The van der Waals surface area contributed by atoms with Gasteiger partial charge in [-0.25, -0.2) is 0 Å². The van der Waals surface area contributed by atoms with Crippen molar-refractivity contribution in [1.29, 1.82) is 0 Å². The van der Waals surface area contributed by atoms with Gasteiger partial charge in [0, 0.05) is 17.9 Å². The number of carbonyl (C=O) groups excluding carboxylic acids is 1. The van der Waals surface area contributed by atoms with Crippen molar-refractivity contribution < 1.29 is 18.0 Å². The van der Waals surface area contributed by atoms with Gasteiger partial charge in [-0.05, 0) is 43.5 Å². The number of benzene rings is 1. The number of hydrogen-bond acceptors (Lipinski definition) is 1. The molecule has 0 N–H and O–H groups in total. The van der Waals surface area contributed by atoms with E-state index in [2.05, 4.69) is 0 Å². The first-order chi connectivity index (χ1) is 10.2. The Kier molecular flexibility index (Phi) is 13.2. The van der Waals surface area contributed by atoms with Crippen molar-refractivity contribution in [2.75, 3.05) is 0 Å². The Morgan fingerprint density at radius 2 is 1.77 bits per heavy atom. The van der Waals surface area contributed by atoms with Gasteiger partial charge in [0.25, 0.3) is 0 Å². The molecule has 128 valence electrons. The number of hydrogen-bond donors (Lipinski definition) is 0. The highest BCUT2D eigenvalue weighted by Crippen LogP contribution is 2.21. The quantitative estimate of drug-likeness (QED) is 0.608. The molecule has 1 aromatic rings. The molecule has 0 aliphatic heterocycles. The summed E-state index contributed by atoms with van der Waals surface area (Å²) in [5.74, 6) is 0.167. The zero-order valence-electron chi connectivity index (χ0n) is 14.0. The second-order valence-corrected chi connectivity index (χ2v) is 5.10. The molecule has 0 saturated carbocycles. The summed E-state index contributed by atoms with van der Waals surface area (Å²) in [6.45, 7) is 9.31. The fraction of sp³-hybridized carbons (Fsp3) is 0.588. The summed E-state index contributed by atoms with van der Waals surface area (Å²) in [5, 5.41) is 0.692. The number of alkyl halides is 3. The molecule has 0 bridgehead atoms. The lowest BCUT2D eigenvalue weighted by Gasteiger charge is -2.02. The van der Waals surface area contributed by atoms with Crippen LogP contribution >= 0.6 is 11.6 Å². The van der Waals surface area contributed by atoms with Crippen LogP contribution in [0.4, 0.5) is 13.2 Å². The van der Waals surface area contributed by atoms with Gasteiger partial charge >= 0.3 is 6.18 Å². The third kappa shape index (κ3) is 13.9. The Bertz CT molecular complexity index is 428. The minimum atomic E-state index is -3.95. The van der Waals surface area contributed by atoms with Gasteiger partial charge in [0.05, 0.1) is 0 Å². The molecule has 0 heterocycles. The first kappa shape index (κ1) is 23.2. The van der Waals surface area contributed by atoms with E-state index in [-0.39, 0.29) is 12.2 Å². The van der Waals surface area contributed by atoms with E-state index in [9.17, 15) is 18.0 Å². The first-order valence-electron chi connectivity index (χ1n) is 7.47. The van der Waals surface area contributed by atoms with Crippen LogP contribution in [-0.2, 0) is 11.2 Å². The van der Waals surface area contributed by atoms with E-state index in [0.29, 0.717) is 17.9 Å². The molecule has 0 amide bonds. The Hall–Kier alpha value is -1.03. The minimum Gasteiger partial charge on any atom is -0.300 e. The summed E-state index contributed by atoms with van der Waals surface area (Å²) < 4.78 is 33.7. The molecular formula is C17H26ClF3O. The summed E-state index contributed by atoms with van der Waals surface area (Å²) in [4.78, 5) is 10.8. The van der Waals surface area contributed by atoms with E-state index in [1.165, 1.54) is 0 Å². The predicted octanol–water partition coefficient (Wildman–Crippen LogP) is 6.55. The largest absolute Gasteiger partial charge is 0.389 e. The SMILES string of the molecule is CC.CC(=O)Cc1cc(Cl)ccc1C.CCCCC(F)(F)F. The van der Waals surface area contributed by atoms with Gasteiger partial charge in [-0.2, -0.15) is 13.2 Å². The minimum absolute atomic E-state index is 0.167. The van der Waals surface area contributed by atoms with Gasteiger partial charge in [-0.15, -0.1) is 0 Å². The molecule has 0 saturated heterocycles. The number of Topliss-reactive ketones (excluding diaryl/α,β-unsaturated/α-hetero) is 1. The Morgan fingerprint density at radius 1 is 1.23 bits per heavy atom. The van der Waals surface area contributed by atoms with Crippen LogP contribution < -0.4 is 0 Å². The maximum Gasteiger partial charge on any atom is 0.389 e. The standard InChI is InChI=1S/C10H11ClO.C5H9F3.C2H6/c1-7-3-4-10(11)6-9(7)5-8(2)12;1-2-3-4-5(6,7)8;1-2/h3-4,6H,5H2,1-2H3;2-4H2,1H3;1-2H3. The second-order valence-electron chi connectivity index (χ2n) is 4.67. The van der Waals surface area contributed by atoms with E-state index in [4.69, 9.17) is 11.6 Å². The van der Waals surface area contributed by atoms with Crippen molar-refractivity contribution in [3.63, 3.8) is 0 Å². The van der Waals surface area contributed by atoms with Gasteiger partial charge in [0.1, 0.15) is 5.78 Å². The molecular weight excluding hydrogens is 313 g/mol. The van der Waals surface area contributed by atoms with E-state index in [0.717, 1.165) is 11.1 Å². The lowest BCUT2D eigenvalue weighted by Crippen LogP contribution is -2.05. The highest BCUT2D eigenvalue weighted by atomic mass is 35.5. The second kappa shape index (κ2) is 12.5. The monoisotopic (exact) mass is 338 g/mol. The van der Waals surface area contributed by atoms with Crippen LogP contribution in [0, 0.1) is 6.92 Å². The number of carbonyl (C=O) groups is 1. The van der Waals surface area contributed by atoms with Crippen molar-refractivity contribution in [1.82, 2.24) is 0 Å². The third-order valence-electron chi connectivity index (χ3n) is 2.56. The normalized spacial score (nSPS) is 10.0. The summed E-state index contributed by atoms with van der Waals surface area (Å²) in [6, 6.07) is 5.61. The van der Waals surface area contributed by atoms with Crippen LogP contribution in [0.15, 0.2) is 18.2 Å². The van der Waals surface area contributed by atoms with Gasteiger partial charge in [0.2, 0.25) is 0 Å². The Balaban J connectivity index is 0. The first-order valence-corrected chi connectivity index (χ1v) is 7.84. The van der Waals surface area contributed by atoms with Gasteiger partial charge < -0.3 is 0 Å². The molecule has 5 heteroatoms. The molecule has 1 aromatic carbocycles. The summed E-state index contributed by atoms with van der Waals surface area (Å²) in [7, 11) is 0. The van der Waals surface area contributed by atoms with E-state index >= 15 is 0 Å². The molecule has 0 spiro atoms. The van der Waals surface area contributed by atoms with Crippen molar-refractivity contribution in [3.8, 4) is 0 Å². The lowest BCUT2D eigenvalue weighted by atomic mass is 10.0. The summed E-state index contributed by atoms with van der Waals surface area (Å²) in [5.41, 5.74) is 2.14. The number of ketones is 1. The fourth-order valence-corrected chi connectivity index (χ4v) is 1.67. The average molecular weight is 339 g/mol. The number of halogens is 4. The zero-order valence-corrected chi connectivity index (χ0v) is 14.7. The topological polar surface area (TPSA) is 17.1 Å². The molecule has 22 heavy (non-hydrogen) atoms. The number of aryl methyl sites for hydroxylation is 1. The van der Waals surface area contributed by atoms with Gasteiger partial charge in [-0.1, -0.05) is 44.9 Å². The van der Waals surface area contributed by atoms with Crippen molar-refractivity contribution in [3.05, 3.63) is 34.3 Å². The molecule has 0 aliphatic rings. The van der Waals surface area contributed by atoms with Gasteiger partial charge in [-0.3, -0.25) is 4.79 Å². The Labute approximate surface area is 136 Å². The molecule has 0 atom stereocenters. The van der Waals surface area contributed by atoms with E-state index in [1.807, 2.05) is 39.0 Å². The van der Waals surface area contributed by atoms with Crippen LogP contribution in [0.3, 0.4) is 0 Å². The van der Waals surface area contributed by atoms with Crippen molar-refractivity contribution in [2.45, 2.75) is 66.5 Å². The van der Waals surface area contributed by atoms with Crippen LogP contribution in [0.25, 0.3) is 0 Å². The molecule has 0 unspecified atom stereocenters. The number of rotatable bonds is 4. The molecule has 0 aromatic heterocycles. The lowest BCUT2D eigenvalue weighted by molar-refractivity contribution is -0.135. The maximum atomic E-state index is 11.2. The van der Waals surface area contributed by atoms with Gasteiger partial charge in [0.15, 0.2) is 0 Å². The van der Waals surface area contributed by atoms with Crippen LogP contribution in [0.5, 0.6) is 0 Å². The number of unbranched alkanes of at least 4 members (excludes halogenated alkanes) is 1. The summed E-state index contributed by atoms with van der Waals surface area (Å²) >= 11 is 5.79. The molecule has 0 fully saturated rings. The smallest absolute Gasteiger partial charge is 0.300 e. The van der Waals surface area contributed by atoms with Crippen LogP contribution in [0.2, 0.25) is 5.02 Å². The van der Waals surface area contributed by atoms with E-state index < -0.39 is 12.6 Å². The third-order valence-corrected chi connectivity index (χ3v) is 2.80. The van der Waals surface area contributed by atoms with Crippen molar-refractivity contribution >= 4 is 17.4 Å². The molecule has 1 rings (SSSR count). The van der Waals surface area contributed by atoms with Crippen molar-refractivity contribution in [2.24, 2.45) is 0 Å². The van der Waals surface area contributed by atoms with Crippen LogP contribution in [-0.4, -0.2) is 12.0 Å². The Morgan fingerprint density at radius 3 is 2.14 bits per heavy atom. The zero-order chi connectivity index (χ0) is 17.8. The molecule has 0 aliphatic carbocycles. The fourth-order valence-electron chi connectivity index (χ4n) is 1.48. The highest BCUT2D eigenvalue weighted by molar-refractivity contribution is 6.30. The molecule has 1 nitrogen and oxygen atoms in total. The highest BCUT2D eigenvalue weighted by Gasteiger charge is 2.25. The molecule has 0 radical (unpaired) electrons. The van der Waals surface area contributed by atoms with Crippen LogP contribution in [0.1, 0.15) is 58.1 Å².